The van der Waals surface area contributed by atoms with E-state index in [0.29, 0.717) is 30.1 Å². The topological polar surface area (TPSA) is 55.9 Å². The minimum Gasteiger partial charge on any atom is -0.356 e. The standard InChI is InChI=1S/C21H38N4O2.H2/c1-3-19(26)22-17-18-15-21(16-18)6-9-25(10-7-21)20(27)5-8-24-13-11-23(4-2)12-14-24;/h18H,3-17H2,1-2H3,(H,22,26);1H. The van der Waals surface area contributed by atoms with E-state index < -0.39 is 0 Å². The van der Waals surface area contributed by atoms with Crippen molar-refractivity contribution in [3.63, 3.8) is 0 Å². The van der Waals surface area contributed by atoms with Crippen LogP contribution in [0.1, 0.15) is 53.8 Å². The summed E-state index contributed by atoms with van der Waals surface area (Å²) in [5.41, 5.74) is 0.453. The Bertz CT molecular complexity index is 507. The zero-order chi connectivity index (χ0) is 19.3. The van der Waals surface area contributed by atoms with Crippen LogP contribution in [0.2, 0.25) is 0 Å². The molecular weight excluding hydrogens is 340 g/mol. The number of piperazine rings is 1. The molecule has 0 aromatic carbocycles. The van der Waals surface area contributed by atoms with Crippen molar-refractivity contribution in [2.45, 2.75) is 52.4 Å². The minimum absolute atomic E-state index is 0. The largest absolute Gasteiger partial charge is 0.356 e. The second-order valence-corrected chi connectivity index (χ2v) is 8.84. The third kappa shape index (κ3) is 5.44. The Hall–Kier alpha value is -1.14. The number of carbonyl (C=O) groups is 2. The second kappa shape index (κ2) is 9.37. The number of rotatable bonds is 7. The molecule has 1 aliphatic carbocycles. The van der Waals surface area contributed by atoms with Crippen LogP contribution in [0.15, 0.2) is 0 Å². The van der Waals surface area contributed by atoms with E-state index in [1.54, 1.807) is 0 Å². The van der Waals surface area contributed by atoms with Crippen LogP contribution >= 0.6 is 0 Å². The summed E-state index contributed by atoms with van der Waals surface area (Å²) in [7, 11) is 0. The van der Waals surface area contributed by atoms with Gasteiger partial charge in [0.05, 0.1) is 0 Å². The fraction of sp³-hybridized carbons (Fsp3) is 0.905. The van der Waals surface area contributed by atoms with Gasteiger partial charge in [-0.2, -0.15) is 0 Å². The molecule has 1 saturated carbocycles. The molecule has 2 heterocycles. The average Bonchev–Trinajstić information content (AvgIpc) is 2.69. The quantitative estimate of drug-likeness (QED) is 0.732. The zero-order valence-corrected chi connectivity index (χ0v) is 17.3. The number of hydrogen-bond donors (Lipinski definition) is 1. The van der Waals surface area contributed by atoms with E-state index in [0.717, 1.165) is 71.7 Å². The smallest absolute Gasteiger partial charge is 0.223 e. The molecule has 3 rings (SSSR count). The van der Waals surface area contributed by atoms with Crippen LogP contribution in [0.4, 0.5) is 0 Å². The fourth-order valence-electron chi connectivity index (χ4n) is 5.07. The maximum Gasteiger partial charge on any atom is 0.223 e. The molecule has 0 aromatic rings. The van der Waals surface area contributed by atoms with E-state index in [1.165, 1.54) is 12.8 Å². The van der Waals surface area contributed by atoms with Crippen molar-refractivity contribution in [2.75, 3.05) is 58.9 Å². The summed E-state index contributed by atoms with van der Waals surface area (Å²) < 4.78 is 0. The number of piperidine rings is 1. The van der Waals surface area contributed by atoms with Gasteiger partial charge in [-0.1, -0.05) is 13.8 Å². The first-order valence-corrected chi connectivity index (χ1v) is 11.0. The van der Waals surface area contributed by atoms with Crippen molar-refractivity contribution >= 4 is 11.8 Å². The lowest BCUT2D eigenvalue weighted by Gasteiger charge is -2.52. The van der Waals surface area contributed by atoms with Crippen molar-refractivity contribution in [3.8, 4) is 0 Å². The fourth-order valence-corrected chi connectivity index (χ4v) is 5.07. The van der Waals surface area contributed by atoms with Gasteiger partial charge in [0, 0.05) is 66.6 Å². The first-order chi connectivity index (χ1) is 13.0. The highest BCUT2D eigenvalue weighted by Gasteiger charge is 2.46. The maximum atomic E-state index is 12.6. The van der Waals surface area contributed by atoms with Crippen LogP contribution in [0.5, 0.6) is 0 Å². The molecule has 3 fully saturated rings. The van der Waals surface area contributed by atoms with E-state index in [4.69, 9.17) is 0 Å². The molecule has 3 aliphatic rings. The molecule has 6 heteroatoms. The monoisotopic (exact) mass is 380 g/mol. The van der Waals surface area contributed by atoms with E-state index in [-0.39, 0.29) is 7.33 Å². The summed E-state index contributed by atoms with van der Waals surface area (Å²) >= 11 is 0. The lowest BCUT2D eigenvalue weighted by atomic mass is 9.57. The minimum atomic E-state index is 0. The highest BCUT2D eigenvalue weighted by Crippen LogP contribution is 2.52. The van der Waals surface area contributed by atoms with Crippen molar-refractivity contribution in [1.82, 2.24) is 20.0 Å². The molecular formula is C21H40N4O2. The van der Waals surface area contributed by atoms with Crippen LogP contribution in [0, 0.1) is 11.3 Å². The third-order valence-corrected chi connectivity index (χ3v) is 7.08. The molecule has 0 unspecified atom stereocenters. The Morgan fingerprint density at radius 3 is 2.22 bits per heavy atom. The van der Waals surface area contributed by atoms with Gasteiger partial charge in [0.1, 0.15) is 0 Å². The molecule has 1 spiro atoms. The van der Waals surface area contributed by atoms with Crippen molar-refractivity contribution in [1.29, 1.82) is 0 Å². The second-order valence-electron chi connectivity index (χ2n) is 8.84. The van der Waals surface area contributed by atoms with E-state index in [2.05, 4.69) is 26.9 Å². The van der Waals surface area contributed by atoms with Crippen LogP contribution in [0.3, 0.4) is 0 Å². The van der Waals surface area contributed by atoms with E-state index in [9.17, 15) is 9.59 Å². The van der Waals surface area contributed by atoms with Gasteiger partial charge in [0.15, 0.2) is 0 Å². The average molecular weight is 381 g/mol. The Labute approximate surface area is 166 Å². The summed E-state index contributed by atoms with van der Waals surface area (Å²) in [5, 5.41) is 3.03. The van der Waals surface area contributed by atoms with Crippen LogP contribution in [-0.4, -0.2) is 85.4 Å². The predicted octanol–water partition coefficient (Wildman–Crippen LogP) is 1.81. The molecule has 0 radical (unpaired) electrons. The van der Waals surface area contributed by atoms with Crippen molar-refractivity contribution in [3.05, 3.63) is 0 Å². The zero-order valence-electron chi connectivity index (χ0n) is 17.3. The molecule has 0 bridgehead atoms. The molecule has 2 saturated heterocycles. The Kier molecular flexibility index (Phi) is 7.15. The molecule has 27 heavy (non-hydrogen) atoms. The summed E-state index contributed by atoms with van der Waals surface area (Å²) in [6.45, 7) is 13.3. The van der Waals surface area contributed by atoms with Gasteiger partial charge in [-0.15, -0.1) is 0 Å². The third-order valence-electron chi connectivity index (χ3n) is 7.08. The number of nitrogens with zero attached hydrogens (tertiary/aromatic N) is 3. The van der Waals surface area contributed by atoms with E-state index >= 15 is 0 Å². The molecule has 2 amide bonds. The van der Waals surface area contributed by atoms with Gasteiger partial charge < -0.3 is 20.0 Å². The van der Waals surface area contributed by atoms with Crippen molar-refractivity contribution < 1.29 is 11.0 Å². The van der Waals surface area contributed by atoms with Gasteiger partial charge >= 0.3 is 0 Å². The first-order valence-electron chi connectivity index (χ1n) is 11.0. The van der Waals surface area contributed by atoms with E-state index in [1.807, 2.05) is 6.92 Å². The molecule has 156 valence electrons. The molecule has 1 N–H and O–H groups in total. The lowest BCUT2D eigenvalue weighted by molar-refractivity contribution is -0.136. The van der Waals surface area contributed by atoms with Crippen LogP contribution in [-0.2, 0) is 9.59 Å². The number of carbonyl (C=O) groups excluding carboxylic acids is 2. The van der Waals surface area contributed by atoms with Crippen molar-refractivity contribution in [2.24, 2.45) is 11.3 Å². The Morgan fingerprint density at radius 2 is 1.63 bits per heavy atom. The predicted molar refractivity (Wildman–Crippen MR) is 110 cm³/mol. The maximum absolute atomic E-state index is 12.6. The molecule has 0 atom stereocenters. The molecule has 2 aliphatic heterocycles. The Morgan fingerprint density at radius 1 is 1.00 bits per heavy atom. The molecule has 0 aromatic heterocycles. The van der Waals surface area contributed by atoms with Gasteiger partial charge in [-0.25, -0.2) is 0 Å². The summed E-state index contributed by atoms with van der Waals surface area (Å²) in [6, 6.07) is 0. The van der Waals surface area contributed by atoms with Gasteiger partial charge in [0.25, 0.3) is 0 Å². The highest BCUT2D eigenvalue weighted by molar-refractivity contribution is 5.76. The normalized spacial score (nSPS) is 24.0. The van der Waals surface area contributed by atoms with Crippen LogP contribution < -0.4 is 5.32 Å². The SMILES string of the molecule is CCC(=O)NCC1CC2(CCN(C(=O)CCN3CCN(CC)CC3)CC2)C1.[HH]. The summed E-state index contributed by atoms with van der Waals surface area (Å²) in [5.74, 6) is 1.14. The lowest BCUT2D eigenvalue weighted by Crippen LogP contribution is -2.51. The highest BCUT2D eigenvalue weighted by atomic mass is 16.2. The van der Waals surface area contributed by atoms with Gasteiger partial charge in [-0.3, -0.25) is 9.59 Å². The first kappa shape index (κ1) is 20.6. The van der Waals surface area contributed by atoms with Gasteiger partial charge in [-0.05, 0) is 43.6 Å². The number of likely N-dealkylation sites (N-methyl/N-ethyl adjacent to an activating group) is 1. The number of likely N-dealkylation sites (tertiary alicyclic amines) is 1. The molecule has 6 nitrogen and oxygen atoms in total. The Balaban J connectivity index is 0.00000280. The summed E-state index contributed by atoms with van der Waals surface area (Å²) in [6.07, 6.45) is 5.98. The number of hydrogen-bond acceptors (Lipinski definition) is 4. The van der Waals surface area contributed by atoms with Gasteiger partial charge in [0.2, 0.25) is 11.8 Å². The number of amides is 2. The summed E-state index contributed by atoms with van der Waals surface area (Å²) in [4.78, 5) is 31.0. The van der Waals surface area contributed by atoms with Crippen LogP contribution in [0.25, 0.3) is 0 Å². The number of nitrogens with one attached hydrogen (secondary N) is 1.